The van der Waals surface area contributed by atoms with Crippen molar-refractivity contribution in [2.24, 2.45) is 0 Å². The quantitative estimate of drug-likeness (QED) is 0.660. The minimum atomic E-state index is -0.440. The smallest absolute Gasteiger partial charge is 0.251 e. The first-order chi connectivity index (χ1) is 9.54. The molecule has 1 N–H and O–H groups in total. The number of rotatable bonds is 5. The van der Waals surface area contributed by atoms with Crippen LogP contribution in [-0.4, -0.2) is 24.4 Å². The Bertz CT molecular complexity index is 520. The van der Waals surface area contributed by atoms with Crippen molar-refractivity contribution < 1.29 is 9.59 Å². The van der Waals surface area contributed by atoms with Crippen molar-refractivity contribution in [1.29, 1.82) is 0 Å². The summed E-state index contributed by atoms with van der Waals surface area (Å²) in [4.78, 5) is 25.5. The number of nitrogens with one attached hydrogen (secondary N) is 1. The first-order valence-electron chi connectivity index (χ1n) is 6.85. The summed E-state index contributed by atoms with van der Waals surface area (Å²) in [5, 5.41) is 3.01. The third-order valence-electron chi connectivity index (χ3n) is 3.47. The highest BCUT2D eigenvalue weighted by Gasteiger charge is 2.38. The molecule has 1 aliphatic heterocycles. The van der Waals surface area contributed by atoms with Crippen molar-refractivity contribution in [3.05, 3.63) is 42.5 Å². The Morgan fingerprint density at radius 1 is 1.35 bits per heavy atom. The molecule has 0 saturated carbocycles. The first-order valence-corrected chi connectivity index (χ1v) is 6.85. The summed E-state index contributed by atoms with van der Waals surface area (Å²) in [6.07, 6.45) is 1.89. The maximum atomic E-state index is 12.2. The highest BCUT2D eigenvalue weighted by Crippen LogP contribution is 2.25. The average Bonchev–Trinajstić information content (AvgIpc) is 2.71. The van der Waals surface area contributed by atoms with Gasteiger partial charge >= 0.3 is 0 Å². The van der Waals surface area contributed by atoms with Crippen molar-refractivity contribution in [1.82, 2.24) is 5.32 Å². The van der Waals surface area contributed by atoms with Crippen molar-refractivity contribution in [2.45, 2.75) is 32.2 Å². The SMILES string of the molecule is C=CCNC1CC(=O)N(c2ccc(C(C)C)cc2)C1=O. The number of anilines is 1. The summed E-state index contributed by atoms with van der Waals surface area (Å²) in [6.45, 7) is 8.33. The van der Waals surface area contributed by atoms with E-state index in [9.17, 15) is 9.59 Å². The number of benzene rings is 1. The zero-order chi connectivity index (χ0) is 14.7. The van der Waals surface area contributed by atoms with Gasteiger partial charge in [0.2, 0.25) is 5.91 Å². The molecule has 0 bridgehead atoms. The van der Waals surface area contributed by atoms with E-state index in [-0.39, 0.29) is 18.2 Å². The van der Waals surface area contributed by atoms with Crippen LogP contribution in [0.2, 0.25) is 0 Å². The molecule has 2 amide bonds. The molecule has 4 heteroatoms. The van der Waals surface area contributed by atoms with Gasteiger partial charge in [0, 0.05) is 6.54 Å². The predicted molar refractivity (Wildman–Crippen MR) is 79.6 cm³/mol. The number of amides is 2. The van der Waals surface area contributed by atoms with Crippen LogP contribution in [0.5, 0.6) is 0 Å². The Morgan fingerprint density at radius 3 is 2.55 bits per heavy atom. The highest BCUT2D eigenvalue weighted by molar-refractivity contribution is 6.22. The Labute approximate surface area is 119 Å². The third kappa shape index (κ3) is 2.80. The second-order valence-corrected chi connectivity index (χ2v) is 5.27. The molecule has 0 radical (unpaired) electrons. The molecule has 1 aromatic carbocycles. The summed E-state index contributed by atoms with van der Waals surface area (Å²) >= 11 is 0. The van der Waals surface area contributed by atoms with Crippen LogP contribution < -0.4 is 10.2 Å². The second-order valence-electron chi connectivity index (χ2n) is 5.27. The lowest BCUT2D eigenvalue weighted by molar-refractivity contribution is -0.121. The molecular weight excluding hydrogens is 252 g/mol. The van der Waals surface area contributed by atoms with E-state index in [1.807, 2.05) is 24.3 Å². The molecular formula is C16H20N2O2. The van der Waals surface area contributed by atoms with Crippen LogP contribution in [-0.2, 0) is 9.59 Å². The monoisotopic (exact) mass is 272 g/mol. The number of carbonyl (C=O) groups excluding carboxylic acids is 2. The summed E-state index contributed by atoms with van der Waals surface area (Å²) in [7, 11) is 0. The largest absolute Gasteiger partial charge is 0.302 e. The lowest BCUT2D eigenvalue weighted by Gasteiger charge is -2.16. The summed E-state index contributed by atoms with van der Waals surface area (Å²) in [5.74, 6) is 0.0824. The number of carbonyl (C=O) groups is 2. The maximum Gasteiger partial charge on any atom is 0.251 e. The van der Waals surface area contributed by atoms with Gasteiger partial charge in [-0.2, -0.15) is 0 Å². The van der Waals surface area contributed by atoms with Crippen molar-refractivity contribution >= 4 is 17.5 Å². The van der Waals surface area contributed by atoms with Crippen LogP contribution in [0.25, 0.3) is 0 Å². The van der Waals surface area contributed by atoms with E-state index in [0.717, 1.165) is 0 Å². The van der Waals surface area contributed by atoms with Gasteiger partial charge in [0.05, 0.1) is 18.2 Å². The van der Waals surface area contributed by atoms with Crippen LogP contribution in [0, 0.1) is 0 Å². The van der Waals surface area contributed by atoms with Gasteiger partial charge in [-0.1, -0.05) is 32.1 Å². The molecule has 1 aliphatic rings. The van der Waals surface area contributed by atoms with Crippen LogP contribution in [0.15, 0.2) is 36.9 Å². The van der Waals surface area contributed by atoms with E-state index in [1.54, 1.807) is 6.08 Å². The zero-order valence-corrected chi connectivity index (χ0v) is 11.9. The van der Waals surface area contributed by atoms with Gasteiger partial charge in [-0.05, 0) is 23.6 Å². The molecule has 1 saturated heterocycles. The fourth-order valence-corrected chi connectivity index (χ4v) is 2.30. The second kappa shape index (κ2) is 6.01. The molecule has 4 nitrogen and oxygen atoms in total. The van der Waals surface area contributed by atoms with Gasteiger partial charge in [0.1, 0.15) is 0 Å². The van der Waals surface area contributed by atoms with Crippen molar-refractivity contribution in [3.8, 4) is 0 Å². The lowest BCUT2D eigenvalue weighted by Crippen LogP contribution is -2.38. The van der Waals surface area contributed by atoms with Gasteiger partial charge in [-0.25, -0.2) is 4.90 Å². The van der Waals surface area contributed by atoms with Gasteiger partial charge in [-0.3, -0.25) is 9.59 Å². The number of hydrogen-bond acceptors (Lipinski definition) is 3. The van der Waals surface area contributed by atoms with Gasteiger partial charge in [-0.15, -0.1) is 6.58 Å². The number of hydrogen-bond donors (Lipinski definition) is 1. The zero-order valence-electron chi connectivity index (χ0n) is 11.9. The minimum Gasteiger partial charge on any atom is -0.302 e. The van der Waals surface area contributed by atoms with Gasteiger partial charge in [0.25, 0.3) is 5.91 Å². The Kier molecular flexibility index (Phi) is 4.35. The molecule has 1 aromatic rings. The molecule has 0 spiro atoms. The highest BCUT2D eigenvalue weighted by atomic mass is 16.2. The maximum absolute atomic E-state index is 12.2. The number of nitrogens with zero attached hydrogens (tertiary/aromatic N) is 1. The topological polar surface area (TPSA) is 49.4 Å². The third-order valence-corrected chi connectivity index (χ3v) is 3.47. The Morgan fingerprint density at radius 2 is 2.00 bits per heavy atom. The molecule has 1 fully saturated rings. The van der Waals surface area contributed by atoms with Gasteiger partial charge < -0.3 is 5.32 Å². The Hall–Kier alpha value is -1.94. The summed E-state index contributed by atoms with van der Waals surface area (Å²) in [6, 6.07) is 7.16. The van der Waals surface area contributed by atoms with E-state index in [0.29, 0.717) is 18.2 Å². The van der Waals surface area contributed by atoms with Crippen molar-refractivity contribution in [2.75, 3.05) is 11.4 Å². The van der Waals surface area contributed by atoms with E-state index < -0.39 is 6.04 Å². The molecule has 1 atom stereocenters. The molecule has 1 heterocycles. The van der Waals surface area contributed by atoms with E-state index >= 15 is 0 Å². The molecule has 106 valence electrons. The first kappa shape index (κ1) is 14.5. The molecule has 20 heavy (non-hydrogen) atoms. The average molecular weight is 272 g/mol. The van der Waals surface area contributed by atoms with Crippen LogP contribution in [0.4, 0.5) is 5.69 Å². The van der Waals surface area contributed by atoms with Crippen LogP contribution in [0.3, 0.4) is 0 Å². The van der Waals surface area contributed by atoms with Crippen molar-refractivity contribution in [3.63, 3.8) is 0 Å². The van der Waals surface area contributed by atoms with Gasteiger partial charge in [0.15, 0.2) is 0 Å². The Balaban J connectivity index is 2.17. The van der Waals surface area contributed by atoms with Crippen LogP contribution >= 0.6 is 0 Å². The lowest BCUT2D eigenvalue weighted by atomic mass is 10.0. The fourth-order valence-electron chi connectivity index (χ4n) is 2.30. The standard InChI is InChI=1S/C16H20N2O2/c1-4-9-17-14-10-15(19)18(16(14)20)13-7-5-12(6-8-13)11(2)3/h4-8,11,14,17H,1,9-10H2,2-3H3. The normalized spacial score (nSPS) is 18.9. The molecule has 2 rings (SSSR count). The molecule has 0 aliphatic carbocycles. The summed E-state index contributed by atoms with van der Waals surface area (Å²) < 4.78 is 0. The molecule has 0 aromatic heterocycles. The van der Waals surface area contributed by atoms with E-state index in [2.05, 4.69) is 25.7 Å². The van der Waals surface area contributed by atoms with Crippen LogP contribution in [0.1, 0.15) is 31.7 Å². The fraction of sp³-hybridized carbons (Fsp3) is 0.375. The summed E-state index contributed by atoms with van der Waals surface area (Å²) in [5.41, 5.74) is 1.83. The number of imide groups is 1. The van der Waals surface area contributed by atoms with E-state index in [1.165, 1.54) is 10.5 Å². The predicted octanol–water partition coefficient (Wildman–Crippen LogP) is 2.22. The molecule has 1 unspecified atom stereocenters. The van der Waals surface area contributed by atoms with E-state index in [4.69, 9.17) is 0 Å². The minimum absolute atomic E-state index is 0.158.